The Morgan fingerprint density at radius 3 is 1.81 bits per heavy atom. The Hall–Kier alpha value is -3.02. The molecular weight excluding hydrogens is 344 g/mol. The van der Waals surface area contributed by atoms with Gasteiger partial charge in [0.1, 0.15) is 11.5 Å². The highest BCUT2D eigenvalue weighted by molar-refractivity contribution is 6.06. The number of nitrogens with one attached hydrogen (secondary N) is 2. The Kier molecular flexibility index (Phi) is 6.10. The van der Waals surface area contributed by atoms with Crippen LogP contribution >= 0.6 is 0 Å². The lowest BCUT2D eigenvalue weighted by atomic mass is 9.87. The normalized spacial score (nSPS) is 10.9. The molecule has 0 fully saturated rings. The highest BCUT2D eigenvalue weighted by Gasteiger charge is 2.17. The van der Waals surface area contributed by atoms with Crippen LogP contribution in [-0.4, -0.2) is 26.0 Å². The number of anilines is 2. The molecule has 0 atom stereocenters. The Labute approximate surface area is 159 Å². The van der Waals surface area contributed by atoms with E-state index in [4.69, 9.17) is 9.47 Å². The summed E-state index contributed by atoms with van der Waals surface area (Å²) in [5.74, 6) is 0.358. The second kappa shape index (κ2) is 8.12. The fourth-order valence-electron chi connectivity index (χ4n) is 2.60. The molecule has 2 aromatic rings. The van der Waals surface area contributed by atoms with Gasteiger partial charge >= 0.3 is 0 Å². The maximum Gasteiger partial charge on any atom is 0.255 e. The van der Waals surface area contributed by atoms with Gasteiger partial charge in [0.15, 0.2) is 0 Å². The van der Waals surface area contributed by atoms with Gasteiger partial charge in [-0.2, -0.15) is 0 Å². The van der Waals surface area contributed by atoms with Crippen molar-refractivity contribution >= 4 is 23.2 Å². The number of carbonyl (C=O) groups excluding carboxylic acids is 2. The first kappa shape index (κ1) is 20.3. The quantitative estimate of drug-likeness (QED) is 0.826. The monoisotopic (exact) mass is 370 g/mol. The van der Waals surface area contributed by atoms with E-state index in [9.17, 15) is 9.59 Å². The third-order valence-corrected chi connectivity index (χ3v) is 4.09. The van der Waals surface area contributed by atoms with Crippen molar-refractivity contribution in [1.82, 2.24) is 0 Å². The van der Waals surface area contributed by atoms with Gasteiger partial charge in [0, 0.05) is 18.6 Å². The molecule has 0 aliphatic heterocycles. The summed E-state index contributed by atoms with van der Waals surface area (Å²) in [6.07, 6.45) is 0. The molecule has 0 aliphatic rings. The van der Waals surface area contributed by atoms with Gasteiger partial charge in [0.25, 0.3) is 5.91 Å². The fraction of sp³-hybridized carbons (Fsp3) is 0.333. The zero-order chi connectivity index (χ0) is 20.2. The summed E-state index contributed by atoms with van der Waals surface area (Å²) in [6.45, 7) is 7.76. The van der Waals surface area contributed by atoms with Gasteiger partial charge in [0.2, 0.25) is 5.91 Å². The molecule has 144 valence electrons. The van der Waals surface area contributed by atoms with E-state index in [1.807, 2.05) is 12.1 Å². The van der Waals surface area contributed by atoms with Crippen LogP contribution in [0.2, 0.25) is 0 Å². The molecule has 0 aliphatic carbocycles. The third-order valence-electron chi connectivity index (χ3n) is 4.09. The summed E-state index contributed by atoms with van der Waals surface area (Å²) >= 11 is 0. The molecule has 2 aromatic carbocycles. The van der Waals surface area contributed by atoms with Gasteiger partial charge in [-0.1, -0.05) is 32.9 Å². The summed E-state index contributed by atoms with van der Waals surface area (Å²) in [4.78, 5) is 24.1. The molecule has 0 bridgehead atoms. The van der Waals surface area contributed by atoms with Crippen molar-refractivity contribution in [2.45, 2.75) is 33.1 Å². The molecule has 0 saturated heterocycles. The number of hydrogen-bond donors (Lipinski definition) is 2. The lowest BCUT2D eigenvalue weighted by molar-refractivity contribution is -0.114. The smallest absolute Gasteiger partial charge is 0.255 e. The van der Waals surface area contributed by atoms with Crippen molar-refractivity contribution in [3.63, 3.8) is 0 Å². The lowest BCUT2D eigenvalue weighted by Crippen LogP contribution is -2.15. The van der Waals surface area contributed by atoms with E-state index in [0.717, 1.165) is 5.56 Å². The molecule has 0 radical (unpaired) electrons. The average Bonchev–Trinajstić information content (AvgIpc) is 2.60. The van der Waals surface area contributed by atoms with Crippen molar-refractivity contribution in [3.8, 4) is 11.5 Å². The Morgan fingerprint density at radius 2 is 1.37 bits per heavy atom. The first-order valence-electron chi connectivity index (χ1n) is 8.61. The predicted molar refractivity (Wildman–Crippen MR) is 107 cm³/mol. The average molecular weight is 370 g/mol. The molecule has 0 aromatic heterocycles. The van der Waals surface area contributed by atoms with Crippen LogP contribution in [0.3, 0.4) is 0 Å². The van der Waals surface area contributed by atoms with Gasteiger partial charge in [-0.05, 0) is 29.2 Å². The summed E-state index contributed by atoms with van der Waals surface area (Å²) in [7, 11) is 3.00. The van der Waals surface area contributed by atoms with Crippen molar-refractivity contribution in [2.75, 3.05) is 24.9 Å². The first-order valence-corrected chi connectivity index (χ1v) is 8.61. The second-order valence-electron chi connectivity index (χ2n) is 7.22. The van der Waals surface area contributed by atoms with E-state index < -0.39 is 0 Å². The van der Waals surface area contributed by atoms with E-state index in [1.54, 1.807) is 24.3 Å². The largest absolute Gasteiger partial charge is 0.494 e. The van der Waals surface area contributed by atoms with Crippen molar-refractivity contribution in [2.24, 2.45) is 0 Å². The topological polar surface area (TPSA) is 76.7 Å². The Bertz CT molecular complexity index is 836. The molecule has 6 nitrogen and oxygen atoms in total. The van der Waals surface area contributed by atoms with E-state index in [2.05, 4.69) is 31.4 Å². The zero-order valence-corrected chi connectivity index (χ0v) is 16.6. The molecule has 0 heterocycles. The summed E-state index contributed by atoms with van der Waals surface area (Å²) in [5.41, 5.74) is 2.58. The predicted octanol–water partition coefficient (Wildman–Crippen LogP) is 4.21. The summed E-state index contributed by atoms with van der Waals surface area (Å²) in [5, 5.41) is 5.51. The highest BCUT2D eigenvalue weighted by Crippen LogP contribution is 2.36. The van der Waals surface area contributed by atoms with Gasteiger partial charge < -0.3 is 20.1 Å². The number of carbonyl (C=O) groups is 2. The van der Waals surface area contributed by atoms with Gasteiger partial charge in [-0.3, -0.25) is 9.59 Å². The van der Waals surface area contributed by atoms with Crippen LogP contribution in [0.5, 0.6) is 11.5 Å². The molecule has 2 N–H and O–H groups in total. The molecule has 27 heavy (non-hydrogen) atoms. The van der Waals surface area contributed by atoms with Crippen LogP contribution in [0.15, 0.2) is 36.4 Å². The summed E-state index contributed by atoms with van der Waals surface area (Å²) < 4.78 is 10.6. The molecule has 0 saturated carbocycles. The Balaban J connectivity index is 2.32. The third kappa shape index (κ3) is 5.00. The minimum Gasteiger partial charge on any atom is -0.494 e. The SMILES string of the molecule is COc1cc(OC)c(NC(=O)c2ccc(C(C)(C)C)cc2)cc1NC(C)=O. The van der Waals surface area contributed by atoms with Crippen LogP contribution in [0.1, 0.15) is 43.6 Å². The van der Waals surface area contributed by atoms with E-state index in [-0.39, 0.29) is 17.2 Å². The van der Waals surface area contributed by atoms with Crippen molar-refractivity contribution < 1.29 is 19.1 Å². The standard InChI is InChI=1S/C21H26N2O4/c1-13(24)22-16-11-17(19(27-6)12-18(16)26-5)23-20(25)14-7-9-15(10-8-14)21(2,3)4/h7-12H,1-6H3,(H,22,24)(H,23,25). The maximum atomic E-state index is 12.6. The second-order valence-corrected chi connectivity index (χ2v) is 7.22. The van der Waals surface area contributed by atoms with Crippen LogP contribution in [-0.2, 0) is 10.2 Å². The lowest BCUT2D eigenvalue weighted by Gasteiger charge is -2.19. The van der Waals surface area contributed by atoms with E-state index in [1.165, 1.54) is 21.1 Å². The number of hydrogen-bond acceptors (Lipinski definition) is 4. The number of methoxy groups -OCH3 is 2. The molecule has 2 rings (SSSR count). The van der Waals surface area contributed by atoms with Crippen molar-refractivity contribution in [1.29, 1.82) is 0 Å². The van der Waals surface area contributed by atoms with Crippen LogP contribution < -0.4 is 20.1 Å². The zero-order valence-electron chi connectivity index (χ0n) is 16.6. The number of benzene rings is 2. The number of ether oxygens (including phenoxy) is 2. The number of rotatable bonds is 5. The van der Waals surface area contributed by atoms with Crippen molar-refractivity contribution in [3.05, 3.63) is 47.5 Å². The molecule has 2 amide bonds. The van der Waals surface area contributed by atoms with Gasteiger partial charge in [-0.15, -0.1) is 0 Å². The van der Waals surface area contributed by atoms with E-state index in [0.29, 0.717) is 28.4 Å². The van der Waals surface area contributed by atoms with Crippen LogP contribution in [0.25, 0.3) is 0 Å². The Morgan fingerprint density at radius 1 is 0.852 bits per heavy atom. The summed E-state index contributed by atoms with van der Waals surface area (Å²) in [6, 6.07) is 10.7. The van der Waals surface area contributed by atoms with Gasteiger partial charge in [0.05, 0.1) is 25.6 Å². The molecule has 0 spiro atoms. The fourth-order valence-corrected chi connectivity index (χ4v) is 2.60. The van der Waals surface area contributed by atoms with Crippen LogP contribution in [0.4, 0.5) is 11.4 Å². The highest BCUT2D eigenvalue weighted by atomic mass is 16.5. The molecular formula is C21H26N2O4. The minimum atomic E-state index is -0.271. The van der Waals surface area contributed by atoms with E-state index >= 15 is 0 Å². The molecule has 0 unspecified atom stereocenters. The molecule has 6 heteroatoms. The number of amides is 2. The van der Waals surface area contributed by atoms with Crippen LogP contribution in [0, 0.1) is 0 Å². The maximum absolute atomic E-state index is 12.6. The van der Waals surface area contributed by atoms with Gasteiger partial charge in [-0.25, -0.2) is 0 Å². The minimum absolute atomic E-state index is 0.0153. The first-order chi connectivity index (χ1) is 12.7.